The van der Waals surface area contributed by atoms with E-state index in [0.717, 1.165) is 36.2 Å². The minimum absolute atomic E-state index is 0.609. The molecular formula is C10H18N4S. The molecule has 1 atom stereocenters. The summed E-state index contributed by atoms with van der Waals surface area (Å²) < 4.78 is 0. The fraction of sp³-hybridized carbons (Fsp3) is 0.800. The molecule has 0 saturated carbocycles. The zero-order valence-electron chi connectivity index (χ0n) is 9.36. The van der Waals surface area contributed by atoms with Crippen molar-refractivity contribution in [3.63, 3.8) is 0 Å². The van der Waals surface area contributed by atoms with Crippen molar-refractivity contribution in [1.82, 2.24) is 15.5 Å². The third kappa shape index (κ3) is 2.46. The Kier molecular flexibility index (Phi) is 3.53. The van der Waals surface area contributed by atoms with E-state index in [1.165, 1.54) is 6.42 Å². The van der Waals surface area contributed by atoms with Gasteiger partial charge in [-0.2, -0.15) is 0 Å². The molecule has 2 heterocycles. The van der Waals surface area contributed by atoms with Gasteiger partial charge >= 0.3 is 0 Å². The second-order valence-electron chi connectivity index (χ2n) is 3.94. The van der Waals surface area contributed by atoms with Gasteiger partial charge in [-0.3, -0.25) is 0 Å². The number of hydrogen-bond donors (Lipinski definition) is 1. The fourth-order valence-electron chi connectivity index (χ4n) is 1.98. The monoisotopic (exact) mass is 226 g/mol. The Bertz CT molecular complexity index is 306. The lowest BCUT2D eigenvalue weighted by Crippen LogP contribution is -2.37. The van der Waals surface area contributed by atoms with Crippen LogP contribution in [0.2, 0.25) is 0 Å². The summed E-state index contributed by atoms with van der Waals surface area (Å²) in [5, 5.41) is 13.9. The zero-order valence-corrected chi connectivity index (χ0v) is 10.2. The maximum Gasteiger partial charge on any atom is 0.208 e. The van der Waals surface area contributed by atoms with Crippen molar-refractivity contribution >= 4 is 16.5 Å². The molecule has 0 aliphatic carbocycles. The second kappa shape index (κ2) is 4.90. The normalized spacial score (nSPS) is 20.8. The summed E-state index contributed by atoms with van der Waals surface area (Å²) >= 11 is 1.70. The first-order chi connectivity index (χ1) is 7.31. The quantitative estimate of drug-likeness (QED) is 0.843. The average Bonchev–Trinajstić information content (AvgIpc) is 2.85. The van der Waals surface area contributed by atoms with E-state index in [0.29, 0.717) is 6.04 Å². The predicted octanol–water partition coefficient (Wildman–Crippen LogP) is 1.42. The topological polar surface area (TPSA) is 41.1 Å². The number of rotatable bonds is 4. The van der Waals surface area contributed by atoms with Crippen molar-refractivity contribution in [3.05, 3.63) is 5.01 Å². The zero-order chi connectivity index (χ0) is 10.7. The third-order valence-corrected chi connectivity index (χ3v) is 3.58. The van der Waals surface area contributed by atoms with Gasteiger partial charge in [0.05, 0.1) is 0 Å². The highest BCUT2D eigenvalue weighted by Gasteiger charge is 2.24. The number of nitrogens with zero attached hydrogens (tertiary/aromatic N) is 3. The average molecular weight is 226 g/mol. The van der Waals surface area contributed by atoms with Gasteiger partial charge in [0.1, 0.15) is 5.01 Å². The Morgan fingerprint density at radius 3 is 2.93 bits per heavy atom. The van der Waals surface area contributed by atoms with Crippen LogP contribution < -0.4 is 10.2 Å². The first-order valence-corrected chi connectivity index (χ1v) is 6.40. The van der Waals surface area contributed by atoms with Crippen molar-refractivity contribution in [3.8, 4) is 0 Å². The van der Waals surface area contributed by atoms with Crippen LogP contribution in [0, 0.1) is 6.92 Å². The summed E-state index contributed by atoms with van der Waals surface area (Å²) in [6, 6.07) is 0.609. The molecular weight excluding hydrogens is 208 g/mol. The molecule has 1 saturated heterocycles. The summed E-state index contributed by atoms with van der Waals surface area (Å²) in [4.78, 5) is 2.41. The van der Waals surface area contributed by atoms with Gasteiger partial charge in [-0.15, -0.1) is 10.2 Å². The van der Waals surface area contributed by atoms with Crippen LogP contribution in [-0.2, 0) is 0 Å². The lowest BCUT2D eigenvalue weighted by Gasteiger charge is -2.26. The van der Waals surface area contributed by atoms with Gasteiger partial charge in [0.25, 0.3) is 0 Å². The highest BCUT2D eigenvalue weighted by Crippen LogP contribution is 2.24. The Morgan fingerprint density at radius 1 is 1.53 bits per heavy atom. The molecule has 15 heavy (non-hydrogen) atoms. The lowest BCUT2D eigenvalue weighted by molar-refractivity contribution is 0.621. The highest BCUT2D eigenvalue weighted by atomic mass is 32.1. The molecule has 84 valence electrons. The van der Waals surface area contributed by atoms with Crippen molar-refractivity contribution in [2.75, 3.05) is 24.5 Å². The van der Waals surface area contributed by atoms with E-state index in [1.54, 1.807) is 11.3 Å². The van der Waals surface area contributed by atoms with Gasteiger partial charge in [0.2, 0.25) is 5.13 Å². The van der Waals surface area contributed by atoms with Gasteiger partial charge in [0, 0.05) is 19.1 Å². The number of nitrogens with one attached hydrogen (secondary N) is 1. The van der Waals surface area contributed by atoms with Crippen LogP contribution in [-0.4, -0.2) is 35.9 Å². The van der Waals surface area contributed by atoms with Crippen LogP contribution >= 0.6 is 11.3 Å². The summed E-state index contributed by atoms with van der Waals surface area (Å²) in [5.74, 6) is 0. The van der Waals surface area contributed by atoms with Gasteiger partial charge in [-0.1, -0.05) is 18.3 Å². The lowest BCUT2D eigenvalue weighted by atomic mass is 10.2. The first-order valence-electron chi connectivity index (χ1n) is 5.58. The molecule has 1 unspecified atom stereocenters. The van der Waals surface area contributed by atoms with Gasteiger partial charge in [-0.05, 0) is 26.3 Å². The molecule has 1 aromatic rings. The smallest absolute Gasteiger partial charge is 0.208 e. The largest absolute Gasteiger partial charge is 0.342 e. The van der Waals surface area contributed by atoms with Crippen molar-refractivity contribution in [2.24, 2.45) is 0 Å². The Hall–Kier alpha value is -0.680. The number of hydrogen-bond acceptors (Lipinski definition) is 5. The molecule has 1 aliphatic heterocycles. The Labute approximate surface area is 94.7 Å². The third-order valence-electron chi connectivity index (χ3n) is 2.70. The molecule has 5 heteroatoms. The van der Waals surface area contributed by atoms with Gasteiger partial charge < -0.3 is 10.2 Å². The van der Waals surface area contributed by atoms with Crippen LogP contribution in [0.5, 0.6) is 0 Å². The number of aryl methyl sites for hydroxylation is 1. The molecule has 0 bridgehead atoms. The molecule has 1 aliphatic rings. The fourth-order valence-corrected chi connectivity index (χ4v) is 2.77. The van der Waals surface area contributed by atoms with Crippen LogP contribution in [0.1, 0.15) is 24.8 Å². The SMILES string of the molecule is CCCN(c1nnc(C)s1)C1CCNC1. The summed E-state index contributed by atoms with van der Waals surface area (Å²) in [6.45, 7) is 7.52. The Morgan fingerprint density at radius 2 is 2.40 bits per heavy atom. The summed E-state index contributed by atoms with van der Waals surface area (Å²) in [6.07, 6.45) is 2.38. The summed E-state index contributed by atoms with van der Waals surface area (Å²) in [7, 11) is 0. The molecule has 2 rings (SSSR count). The number of aromatic nitrogens is 2. The van der Waals surface area contributed by atoms with E-state index in [4.69, 9.17) is 0 Å². The molecule has 1 fully saturated rings. The molecule has 1 N–H and O–H groups in total. The number of anilines is 1. The standard InChI is InChI=1S/C10H18N4S/c1-3-6-14(9-4-5-11-7-9)10-13-12-8(2)15-10/h9,11H,3-7H2,1-2H3. The van der Waals surface area contributed by atoms with E-state index in [1.807, 2.05) is 6.92 Å². The first kappa shape index (κ1) is 10.8. The highest BCUT2D eigenvalue weighted by molar-refractivity contribution is 7.15. The molecule has 0 radical (unpaired) electrons. The van der Waals surface area contributed by atoms with Gasteiger partial charge in [-0.25, -0.2) is 0 Å². The van der Waals surface area contributed by atoms with Crippen LogP contribution in [0.4, 0.5) is 5.13 Å². The van der Waals surface area contributed by atoms with Crippen molar-refractivity contribution in [1.29, 1.82) is 0 Å². The van der Waals surface area contributed by atoms with Crippen LogP contribution in [0.25, 0.3) is 0 Å². The maximum absolute atomic E-state index is 4.25. The van der Waals surface area contributed by atoms with Crippen molar-refractivity contribution < 1.29 is 0 Å². The minimum atomic E-state index is 0.609. The molecule has 4 nitrogen and oxygen atoms in total. The summed E-state index contributed by atoms with van der Waals surface area (Å²) in [5.41, 5.74) is 0. The molecule has 0 aromatic carbocycles. The van der Waals surface area contributed by atoms with E-state index in [2.05, 4.69) is 27.3 Å². The van der Waals surface area contributed by atoms with Gasteiger partial charge in [0.15, 0.2) is 0 Å². The predicted molar refractivity (Wildman–Crippen MR) is 63.6 cm³/mol. The second-order valence-corrected chi connectivity index (χ2v) is 5.10. The van der Waals surface area contributed by atoms with E-state index >= 15 is 0 Å². The van der Waals surface area contributed by atoms with Crippen LogP contribution in [0.3, 0.4) is 0 Å². The Balaban J connectivity index is 2.11. The molecule has 1 aromatic heterocycles. The van der Waals surface area contributed by atoms with E-state index < -0.39 is 0 Å². The van der Waals surface area contributed by atoms with Crippen LogP contribution in [0.15, 0.2) is 0 Å². The minimum Gasteiger partial charge on any atom is -0.342 e. The molecule has 0 amide bonds. The molecule has 0 spiro atoms. The van der Waals surface area contributed by atoms with E-state index in [9.17, 15) is 0 Å². The van der Waals surface area contributed by atoms with E-state index in [-0.39, 0.29) is 0 Å². The maximum atomic E-state index is 4.25. The van der Waals surface area contributed by atoms with Crippen molar-refractivity contribution in [2.45, 2.75) is 32.7 Å².